The van der Waals surface area contributed by atoms with Crippen LogP contribution in [0, 0.1) is 41.2 Å². The summed E-state index contributed by atoms with van der Waals surface area (Å²) < 4.78 is 83.9. The van der Waals surface area contributed by atoms with Gasteiger partial charge in [0.2, 0.25) is 11.8 Å². The lowest BCUT2D eigenvalue weighted by Gasteiger charge is -2.42. The highest BCUT2D eigenvalue weighted by atomic mass is 19.4. The third kappa shape index (κ3) is 6.38. The molecule has 5 heterocycles. The largest absolute Gasteiger partial charge is 0.508 e. The number of nitrogens with zero attached hydrogens (tertiary/aromatic N) is 6. The summed E-state index contributed by atoms with van der Waals surface area (Å²) in [6, 6.07) is 4.04. The minimum absolute atomic E-state index is 0.000379. The zero-order chi connectivity index (χ0) is 39.3. The first-order chi connectivity index (χ1) is 26.8. The van der Waals surface area contributed by atoms with Gasteiger partial charge >= 0.3 is 12.2 Å². The smallest absolute Gasteiger partial charge is 0.414 e. The van der Waals surface area contributed by atoms with Crippen LogP contribution in [0.5, 0.6) is 17.6 Å². The Hall–Kier alpha value is -5.01. The molecule has 2 aliphatic carbocycles. The average molecular weight is 779 g/mol. The number of phenolic OH excluding ortho intramolecular Hbond substituents is 1. The fourth-order valence-electron chi connectivity index (χ4n) is 9.19. The van der Waals surface area contributed by atoms with E-state index in [0.717, 1.165) is 50.4 Å². The third-order valence-corrected chi connectivity index (χ3v) is 12.3. The molecule has 3 aliphatic heterocycles. The summed E-state index contributed by atoms with van der Waals surface area (Å²) in [4.78, 5) is 32.7. The van der Waals surface area contributed by atoms with Gasteiger partial charge in [0.05, 0.1) is 25.7 Å². The molecule has 0 radical (unpaired) electrons. The third-order valence-electron chi connectivity index (χ3n) is 12.3. The standard InChI is InChI=1S/C40H39F5N6O5/c1-3-26-28(41)7-4-20-11-25(52)12-27(31(20)26)34-33(42)35-32(37(46-34)55-2)36(48-38(47-35)56-19-39(8-9-39)18-49-14-21-10-22(21)15-49)50-16-23-5-6-24(17-50)51(23)30(54)13-29(53)40(43,44)45/h1,4,7,11-12,21-24,29,52-53H,5-6,8-10,13-19H2,2H3/t21?,22?,23?,24?,29-/m1/s1. The zero-order valence-electron chi connectivity index (χ0n) is 30.5. The number of alkyl halides is 3. The molecule has 294 valence electrons. The van der Waals surface area contributed by atoms with E-state index in [0.29, 0.717) is 18.2 Å². The van der Waals surface area contributed by atoms with E-state index in [1.165, 1.54) is 36.6 Å². The topological polar surface area (TPSA) is 124 Å². The van der Waals surface area contributed by atoms with Crippen LogP contribution in [0.25, 0.3) is 32.9 Å². The summed E-state index contributed by atoms with van der Waals surface area (Å²) in [6.07, 6.45) is 1.09. The van der Waals surface area contributed by atoms with Crippen LogP contribution in [0.15, 0.2) is 24.3 Å². The summed E-state index contributed by atoms with van der Waals surface area (Å²) in [6.45, 7) is 3.57. The summed E-state index contributed by atoms with van der Waals surface area (Å²) in [5, 5.41) is 20.9. The highest BCUT2D eigenvalue weighted by Crippen LogP contribution is 2.51. The second-order valence-corrected chi connectivity index (χ2v) is 16.1. The number of aromatic nitrogens is 3. The molecule has 2 bridgehead atoms. The van der Waals surface area contributed by atoms with E-state index < -0.39 is 48.3 Å². The van der Waals surface area contributed by atoms with Crippen molar-refractivity contribution in [3.8, 4) is 41.2 Å². The molecular weight excluding hydrogens is 739 g/mol. The van der Waals surface area contributed by atoms with Crippen molar-refractivity contribution in [3.63, 3.8) is 0 Å². The van der Waals surface area contributed by atoms with E-state index in [9.17, 15) is 28.2 Å². The molecule has 16 heteroatoms. The summed E-state index contributed by atoms with van der Waals surface area (Å²) in [5.41, 5.74) is -0.805. The van der Waals surface area contributed by atoms with Crippen LogP contribution in [0.4, 0.5) is 27.8 Å². The fourth-order valence-corrected chi connectivity index (χ4v) is 9.19. The Morgan fingerprint density at radius 3 is 2.41 bits per heavy atom. The van der Waals surface area contributed by atoms with Crippen LogP contribution in [0.2, 0.25) is 0 Å². The van der Waals surface area contributed by atoms with Crippen LogP contribution in [0.1, 0.15) is 44.1 Å². The molecule has 4 aromatic rings. The molecule has 1 amide bonds. The first-order valence-electron chi connectivity index (χ1n) is 18.8. The number of rotatable bonds is 10. The number of methoxy groups -OCH3 is 1. The number of phenols is 1. The molecule has 0 spiro atoms. The van der Waals surface area contributed by atoms with Gasteiger partial charge in [-0.25, -0.2) is 13.8 Å². The van der Waals surface area contributed by atoms with Crippen molar-refractivity contribution in [1.29, 1.82) is 0 Å². The number of carbonyl (C=O) groups excluding carboxylic acids is 1. The van der Waals surface area contributed by atoms with Crippen LogP contribution >= 0.6 is 0 Å². The maximum Gasteiger partial charge on any atom is 0.414 e. The van der Waals surface area contributed by atoms with Crippen molar-refractivity contribution in [1.82, 2.24) is 24.8 Å². The number of aromatic hydroxyl groups is 1. The first-order valence-corrected chi connectivity index (χ1v) is 18.8. The minimum atomic E-state index is -4.94. The van der Waals surface area contributed by atoms with Gasteiger partial charge in [0.1, 0.15) is 34.0 Å². The number of pyridine rings is 1. The van der Waals surface area contributed by atoms with E-state index in [1.807, 2.05) is 4.90 Å². The number of aliphatic hydroxyl groups excluding tert-OH is 1. The Kier molecular flexibility index (Phi) is 8.69. The van der Waals surface area contributed by atoms with Crippen LogP contribution in [-0.2, 0) is 4.79 Å². The number of likely N-dealkylation sites (tertiary alicyclic amines) is 1. The molecule has 5 aliphatic rings. The second kappa shape index (κ2) is 13.3. The Labute approximate surface area is 318 Å². The van der Waals surface area contributed by atoms with Gasteiger partial charge in [-0.1, -0.05) is 12.0 Å². The van der Waals surface area contributed by atoms with Gasteiger partial charge < -0.3 is 34.4 Å². The number of piperidine rings is 1. The monoisotopic (exact) mass is 778 g/mol. The number of hydrogen-bond acceptors (Lipinski definition) is 10. The second-order valence-electron chi connectivity index (χ2n) is 16.1. The summed E-state index contributed by atoms with van der Waals surface area (Å²) in [7, 11) is 1.33. The molecular formula is C40H39F5N6O5. The fraction of sp³-hybridized carbons (Fsp3) is 0.500. The molecule has 4 unspecified atom stereocenters. The number of anilines is 1. The van der Waals surface area contributed by atoms with Crippen molar-refractivity contribution < 1.29 is 46.4 Å². The Morgan fingerprint density at radius 2 is 1.77 bits per heavy atom. The lowest BCUT2D eigenvalue weighted by molar-refractivity contribution is -0.207. The lowest BCUT2D eigenvalue weighted by Crippen LogP contribution is -2.57. The van der Waals surface area contributed by atoms with Gasteiger partial charge in [-0.3, -0.25) is 4.79 Å². The number of piperazine rings is 1. The zero-order valence-corrected chi connectivity index (χ0v) is 30.5. The van der Waals surface area contributed by atoms with E-state index in [-0.39, 0.29) is 81.7 Å². The molecule has 2 saturated carbocycles. The van der Waals surface area contributed by atoms with Crippen molar-refractivity contribution in [2.45, 2.75) is 62.9 Å². The number of hydrogen-bond donors (Lipinski definition) is 2. The molecule has 5 fully saturated rings. The summed E-state index contributed by atoms with van der Waals surface area (Å²) in [5.74, 6) is 1.26. The number of carbonyl (C=O) groups is 1. The van der Waals surface area contributed by atoms with Crippen LogP contribution in [0.3, 0.4) is 0 Å². The number of terminal acetylenes is 1. The maximum atomic E-state index is 17.3. The minimum Gasteiger partial charge on any atom is -0.508 e. The maximum absolute atomic E-state index is 17.3. The Morgan fingerprint density at radius 1 is 1.05 bits per heavy atom. The molecule has 2 aromatic heterocycles. The number of ether oxygens (including phenoxy) is 2. The van der Waals surface area contributed by atoms with Crippen molar-refractivity contribution >= 4 is 33.4 Å². The highest BCUT2D eigenvalue weighted by molar-refractivity contribution is 6.04. The van der Waals surface area contributed by atoms with E-state index in [4.69, 9.17) is 20.9 Å². The van der Waals surface area contributed by atoms with Crippen LogP contribution in [-0.4, -0.2) is 112 Å². The normalized spacial score (nSPS) is 24.3. The lowest BCUT2D eigenvalue weighted by atomic mass is 9.95. The van der Waals surface area contributed by atoms with E-state index in [2.05, 4.69) is 20.8 Å². The van der Waals surface area contributed by atoms with Gasteiger partial charge in [0.25, 0.3) is 0 Å². The van der Waals surface area contributed by atoms with Crippen molar-refractivity contribution in [3.05, 3.63) is 41.5 Å². The van der Waals surface area contributed by atoms with E-state index in [1.54, 1.807) is 0 Å². The molecule has 2 aromatic carbocycles. The van der Waals surface area contributed by atoms with Gasteiger partial charge in [0, 0.05) is 61.2 Å². The predicted octanol–water partition coefficient (Wildman–Crippen LogP) is 5.42. The van der Waals surface area contributed by atoms with Gasteiger partial charge in [-0.05, 0) is 67.5 Å². The van der Waals surface area contributed by atoms with Crippen LogP contribution < -0.4 is 14.4 Å². The van der Waals surface area contributed by atoms with Gasteiger partial charge in [0.15, 0.2) is 11.9 Å². The van der Waals surface area contributed by atoms with Crippen molar-refractivity contribution in [2.75, 3.05) is 51.3 Å². The highest BCUT2D eigenvalue weighted by Gasteiger charge is 2.51. The SMILES string of the molecule is C#Cc1c(F)ccc2cc(O)cc(-c3nc(OC)c4c(N5CC6CCC(C5)N6C(=O)C[C@@H](O)C(F)(F)F)nc(OCC5(CN6CC7CC7C6)CC5)nc4c3F)c12. The first kappa shape index (κ1) is 36.6. The van der Waals surface area contributed by atoms with Gasteiger partial charge in [-0.15, -0.1) is 6.42 Å². The Balaban J connectivity index is 1.13. The predicted molar refractivity (Wildman–Crippen MR) is 194 cm³/mol. The number of fused-ring (bicyclic) bond motifs is 5. The number of halogens is 5. The molecule has 11 nitrogen and oxygen atoms in total. The number of amides is 1. The Bertz CT molecular complexity index is 2290. The average Bonchev–Trinajstić information content (AvgIpc) is 4.04. The molecule has 9 rings (SSSR count). The molecule has 5 atom stereocenters. The number of aliphatic hydroxyl groups is 1. The molecule has 3 saturated heterocycles. The van der Waals surface area contributed by atoms with E-state index >= 15 is 8.78 Å². The number of benzene rings is 2. The van der Waals surface area contributed by atoms with Gasteiger partial charge in [-0.2, -0.15) is 23.1 Å². The summed E-state index contributed by atoms with van der Waals surface area (Å²) >= 11 is 0. The molecule has 2 N–H and O–H groups in total. The molecule has 56 heavy (non-hydrogen) atoms. The van der Waals surface area contributed by atoms with Crippen molar-refractivity contribution in [2.24, 2.45) is 17.3 Å². The quantitative estimate of drug-likeness (QED) is 0.159.